The highest BCUT2D eigenvalue weighted by molar-refractivity contribution is 9.09. The van der Waals surface area contributed by atoms with Crippen LogP contribution in [0.4, 0.5) is 0 Å². The summed E-state index contributed by atoms with van der Waals surface area (Å²) in [6.45, 7) is 14.8. The van der Waals surface area contributed by atoms with E-state index in [1.54, 1.807) is 0 Å². The van der Waals surface area contributed by atoms with Crippen molar-refractivity contribution >= 4 is 21.9 Å². The van der Waals surface area contributed by atoms with Gasteiger partial charge in [0.15, 0.2) is 6.29 Å². The Morgan fingerprint density at radius 1 is 0.923 bits per heavy atom. The fraction of sp³-hybridized carbons (Fsp3) is 0.950. The van der Waals surface area contributed by atoms with E-state index in [0.717, 1.165) is 6.42 Å². The molecular weight excluding hydrogens is 400 g/mol. The lowest BCUT2D eigenvalue weighted by Crippen LogP contribution is -2.55. The number of hydrogen-bond acceptors (Lipinski definition) is 5. The van der Waals surface area contributed by atoms with Crippen molar-refractivity contribution in [2.75, 3.05) is 6.61 Å². The Morgan fingerprint density at radius 3 is 2.15 bits per heavy atom. The van der Waals surface area contributed by atoms with E-state index in [0.29, 0.717) is 17.8 Å². The quantitative estimate of drug-likeness (QED) is 0.474. The van der Waals surface area contributed by atoms with E-state index in [1.807, 2.05) is 0 Å². The lowest BCUT2D eigenvalue weighted by Gasteiger charge is -2.48. The summed E-state index contributed by atoms with van der Waals surface area (Å²) in [6, 6.07) is 0. The molecule has 5 nitrogen and oxygen atoms in total. The maximum absolute atomic E-state index is 11.3. The molecule has 2 aliphatic heterocycles. The summed E-state index contributed by atoms with van der Waals surface area (Å²) < 4.78 is 24.1. The summed E-state index contributed by atoms with van der Waals surface area (Å²) in [5, 5.41) is -0.0788. The van der Waals surface area contributed by atoms with Crippen molar-refractivity contribution < 1.29 is 23.7 Å². The van der Waals surface area contributed by atoms with Gasteiger partial charge in [0.25, 0.3) is 0 Å². The van der Waals surface area contributed by atoms with Gasteiger partial charge in [-0.15, -0.1) is 0 Å². The van der Waals surface area contributed by atoms with Gasteiger partial charge in [-0.25, -0.2) is 0 Å². The number of carbonyl (C=O) groups excluding carboxylic acids is 1. The lowest BCUT2D eigenvalue weighted by atomic mass is 9.78. The molecule has 0 amide bonds. The summed E-state index contributed by atoms with van der Waals surface area (Å²) >= 11 is 3.59. The van der Waals surface area contributed by atoms with Gasteiger partial charge < -0.3 is 18.9 Å². The Balaban J connectivity index is 2.14. The number of hydrogen-bond donors (Lipinski definition) is 0. The number of rotatable bonds is 5. The third-order valence-corrected chi connectivity index (χ3v) is 7.61. The molecule has 0 aromatic rings. The zero-order valence-electron chi connectivity index (χ0n) is 17.1. The van der Waals surface area contributed by atoms with E-state index in [4.69, 9.17) is 18.9 Å². The Bertz CT molecular complexity index is 471. The van der Waals surface area contributed by atoms with Crippen LogP contribution in [0.25, 0.3) is 0 Å². The first kappa shape index (κ1) is 22.1. The fourth-order valence-electron chi connectivity index (χ4n) is 4.05. The Hall–Kier alpha value is -0.170. The molecule has 0 saturated carbocycles. The predicted octanol–water partition coefficient (Wildman–Crippen LogP) is 4.37. The zero-order valence-corrected chi connectivity index (χ0v) is 18.7. The maximum atomic E-state index is 11.3. The van der Waals surface area contributed by atoms with E-state index < -0.39 is 0 Å². The molecule has 0 radical (unpaired) electrons. The van der Waals surface area contributed by atoms with Gasteiger partial charge in [-0.2, -0.15) is 0 Å². The standard InChI is InChI=1S/C20H35BrO5/c1-8-16-11(3)10(2)14(6)20(25-16)26-18-12(4)13(5)19(21)24-17(18)9-23-15(7)22/h10-14,16-20H,8-9H2,1-7H3. The SMILES string of the molecule is CCC1OC(OC2C(COC(C)=O)OC(Br)C(C)C2C)C(C)C(C)C1C. The monoisotopic (exact) mass is 434 g/mol. The highest BCUT2D eigenvalue weighted by Gasteiger charge is 2.46. The van der Waals surface area contributed by atoms with Crippen LogP contribution in [0.1, 0.15) is 54.9 Å². The first-order chi connectivity index (χ1) is 12.2. The largest absolute Gasteiger partial charge is 0.463 e. The Morgan fingerprint density at radius 2 is 1.58 bits per heavy atom. The molecule has 2 heterocycles. The van der Waals surface area contributed by atoms with Crippen LogP contribution in [0.5, 0.6) is 0 Å². The molecule has 26 heavy (non-hydrogen) atoms. The van der Waals surface area contributed by atoms with Crippen LogP contribution in [-0.4, -0.2) is 42.2 Å². The van der Waals surface area contributed by atoms with E-state index >= 15 is 0 Å². The third kappa shape index (κ3) is 4.81. The van der Waals surface area contributed by atoms with Crippen molar-refractivity contribution in [1.82, 2.24) is 0 Å². The Labute approximate surface area is 166 Å². The van der Waals surface area contributed by atoms with Crippen LogP contribution in [0.2, 0.25) is 0 Å². The molecule has 152 valence electrons. The number of alkyl halides is 1. The van der Waals surface area contributed by atoms with E-state index in [1.165, 1.54) is 6.92 Å². The van der Waals surface area contributed by atoms with Gasteiger partial charge in [-0.3, -0.25) is 4.79 Å². The summed E-state index contributed by atoms with van der Waals surface area (Å²) in [7, 11) is 0. The van der Waals surface area contributed by atoms with Crippen molar-refractivity contribution in [1.29, 1.82) is 0 Å². The normalized spacial score (nSPS) is 46.8. The van der Waals surface area contributed by atoms with Crippen molar-refractivity contribution in [3.63, 3.8) is 0 Å². The van der Waals surface area contributed by atoms with Crippen molar-refractivity contribution in [3.05, 3.63) is 0 Å². The lowest BCUT2D eigenvalue weighted by molar-refractivity contribution is -0.297. The average Bonchev–Trinajstić information content (AvgIpc) is 2.60. The van der Waals surface area contributed by atoms with Gasteiger partial charge >= 0.3 is 5.97 Å². The van der Waals surface area contributed by atoms with Crippen LogP contribution in [0.15, 0.2) is 0 Å². The molecule has 0 aromatic heterocycles. The molecule has 0 aliphatic carbocycles. The average molecular weight is 435 g/mol. The molecule has 10 atom stereocenters. The van der Waals surface area contributed by atoms with Crippen molar-refractivity contribution in [3.8, 4) is 0 Å². The second-order valence-corrected chi connectivity index (χ2v) is 9.08. The fourth-order valence-corrected chi connectivity index (χ4v) is 4.81. The van der Waals surface area contributed by atoms with Gasteiger partial charge in [0.1, 0.15) is 17.7 Å². The molecule has 2 fully saturated rings. The molecule has 6 heteroatoms. The molecule has 2 rings (SSSR count). The highest BCUT2D eigenvalue weighted by atomic mass is 79.9. The second kappa shape index (κ2) is 9.35. The first-order valence-electron chi connectivity index (χ1n) is 9.91. The number of halogens is 1. The maximum Gasteiger partial charge on any atom is 0.302 e. The summed E-state index contributed by atoms with van der Waals surface area (Å²) in [5.41, 5.74) is 0. The van der Waals surface area contributed by atoms with E-state index in [2.05, 4.69) is 57.5 Å². The summed E-state index contributed by atoms with van der Waals surface area (Å²) in [5.74, 6) is 1.56. The van der Waals surface area contributed by atoms with Crippen molar-refractivity contribution in [2.24, 2.45) is 29.6 Å². The van der Waals surface area contributed by atoms with Gasteiger partial charge in [0.05, 0.1) is 12.2 Å². The van der Waals surface area contributed by atoms with Crippen LogP contribution in [0, 0.1) is 29.6 Å². The van der Waals surface area contributed by atoms with Gasteiger partial charge in [0, 0.05) is 12.8 Å². The number of esters is 1. The van der Waals surface area contributed by atoms with Gasteiger partial charge in [-0.1, -0.05) is 57.5 Å². The number of ether oxygens (including phenoxy) is 4. The molecule has 0 aromatic carbocycles. The van der Waals surface area contributed by atoms with Crippen LogP contribution in [0.3, 0.4) is 0 Å². The molecule has 0 bridgehead atoms. The third-order valence-electron chi connectivity index (χ3n) is 6.56. The Kier molecular flexibility index (Phi) is 7.96. The van der Waals surface area contributed by atoms with E-state index in [-0.39, 0.29) is 54.0 Å². The summed E-state index contributed by atoms with van der Waals surface area (Å²) in [4.78, 5) is 11.3. The van der Waals surface area contributed by atoms with Gasteiger partial charge in [0.2, 0.25) is 0 Å². The molecule has 2 aliphatic rings. The molecule has 0 spiro atoms. The summed E-state index contributed by atoms with van der Waals surface area (Å²) in [6.07, 6.45) is 0.440. The smallest absolute Gasteiger partial charge is 0.302 e. The topological polar surface area (TPSA) is 54.0 Å². The number of carbonyl (C=O) groups is 1. The minimum Gasteiger partial charge on any atom is -0.463 e. The molecule has 0 N–H and O–H groups in total. The molecule has 10 unspecified atom stereocenters. The van der Waals surface area contributed by atoms with E-state index in [9.17, 15) is 4.79 Å². The van der Waals surface area contributed by atoms with Crippen LogP contribution in [-0.2, 0) is 23.7 Å². The van der Waals surface area contributed by atoms with Crippen molar-refractivity contribution in [2.45, 2.75) is 84.5 Å². The zero-order chi connectivity index (χ0) is 19.6. The second-order valence-electron chi connectivity index (χ2n) is 8.18. The molecule has 2 saturated heterocycles. The predicted molar refractivity (Wildman–Crippen MR) is 104 cm³/mol. The first-order valence-corrected chi connectivity index (χ1v) is 10.8. The van der Waals surface area contributed by atoms with Gasteiger partial charge in [-0.05, 0) is 30.1 Å². The minimum atomic E-state index is -0.306. The molecular formula is C20H35BrO5. The van der Waals surface area contributed by atoms with Crippen LogP contribution >= 0.6 is 15.9 Å². The highest BCUT2D eigenvalue weighted by Crippen LogP contribution is 2.41. The van der Waals surface area contributed by atoms with Crippen LogP contribution < -0.4 is 0 Å². The minimum absolute atomic E-state index is 0.0788.